The highest BCUT2D eigenvalue weighted by molar-refractivity contribution is 7.92. The molecule has 0 aliphatic heterocycles. The number of rotatable bonds is 7. The maximum absolute atomic E-state index is 13.2. The number of aromatic nitrogens is 3. The van der Waals surface area contributed by atoms with E-state index in [9.17, 15) is 8.42 Å². The molecule has 28 heavy (non-hydrogen) atoms. The van der Waals surface area contributed by atoms with Gasteiger partial charge in [0.05, 0.1) is 0 Å². The second kappa shape index (κ2) is 7.79. The molecular formula is C20H26N4O3S. The molecule has 0 amide bonds. The van der Waals surface area contributed by atoms with Crippen LogP contribution >= 0.6 is 0 Å². The van der Waals surface area contributed by atoms with Gasteiger partial charge in [0.2, 0.25) is 5.89 Å². The Bertz CT molecular complexity index is 1100. The number of nitrogens with zero attached hydrogens (tertiary/aromatic N) is 3. The lowest BCUT2D eigenvalue weighted by Crippen LogP contribution is -2.15. The van der Waals surface area contributed by atoms with Crippen molar-refractivity contribution in [3.8, 4) is 11.6 Å². The quantitative estimate of drug-likeness (QED) is 0.642. The zero-order valence-electron chi connectivity index (χ0n) is 16.9. The van der Waals surface area contributed by atoms with Gasteiger partial charge in [0.1, 0.15) is 10.6 Å². The first-order valence-electron chi connectivity index (χ1n) is 9.46. The summed E-state index contributed by atoms with van der Waals surface area (Å²) in [4.78, 5) is 0.252. The average Bonchev–Trinajstić information content (AvgIpc) is 3.23. The zero-order valence-corrected chi connectivity index (χ0v) is 17.7. The van der Waals surface area contributed by atoms with Crippen LogP contribution in [0.15, 0.2) is 33.6 Å². The first-order valence-corrected chi connectivity index (χ1v) is 10.9. The Kier molecular flexibility index (Phi) is 5.60. The first-order chi connectivity index (χ1) is 13.3. The molecular weight excluding hydrogens is 376 g/mol. The topological polar surface area (TPSA) is 90.0 Å². The summed E-state index contributed by atoms with van der Waals surface area (Å²) in [5, 5.41) is 8.14. The Balaban J connectivity index is 2.10. The van der Waals surface area contributed by atoms with Crippen LogP contribution in [0.2, 0.25) is 0 Å². The molecule has 2 heterocycles. The summed E-state index contributed by atoms with van der Waals surface area (Å²) in [6, 6.07) is 7.43. The minimum Gasteiger partial charge on any atom is -0.419 e. The van der Waals surface area contributed by atoms with E-state index < -0.39 is 10.0 Å². The van der Waals surface area contributed by atoms with Gasteiger partial charge in [-0.2, -0.15) is 0 Å². The maximum Gasteiger partial charge on any atom is 0.264 e. The minimum atomic E-state index is -3.78. The molecule has 0 fully saturated rings. The Morgan fingerprint density at radius 1 is 1.11 bits per heavy atom. The number of aryl methyl sites for hydroxylation is 2. The van der Waals surface area contributed by atoms with Crippen LogP contribution in [0.1, 0.15) is 43.5 Å². The highest BCUT2D eigenvalue weighted by Gasteiger charge is 2.29. The summed E-state index contributed by atoms with van der Waals surface area (Å²) in [5.74, 6) is 0.864. The SMILES string of the molecule is CCc1cccc(NS(=O)(=O)c2c(C)c(-c3nnc(CC)o3)n(CC)c2C)c1. The molecule has 8 heteroatoms. The normalized spacial score (nSPS) is 11.8. The van der Waals surface area contributed by atoms with Gasteiger partial charge in [-0.05, 0) is 44.9 Å². The van der Waals surface area contributed by atoms with Crippen LogP contribution < -0.4 is 4.72 Å². The fraction of sp³-hybridized carbons (Fsp3) is 0.400. The fourth-order valence-corrected chi connectivity index (χ4v) is 5.03. The summed E-state index contributed by atoms with van der Waals surface area (Å²) in [5.41, 5.74) is 3.51. The lowest BCUT2D eigenvalue weighted by molar-refractivity contribution is 0.507. The second-order valence-electron chi connectivity index (χ2n) is 6.65. The van der Waals surface area contributed by atoms with E-state index in [1.165, 1.54) is 0 Å². The summed E-state index contributed by atoms with van der Waals surface area (Å²) in [6.07, 6.45) is 1.46. The van der Waals surface area contributed by atoms with E-state index in [0.717, 1.165) is 12.0 Å². The smallest absolute Gasteiger partial charge is 0.264 e. The highest BCUT2D eigenvalue weighted by atomic mass is 32.2. The Morgan fingerprint density at radius 2 is 1.86 bits per heavy atom. The third kappa shape index (κ3) is 3.56. The van der Waals surface area contributed by atoms with Crippen molar-refractivity contribution in [2.45, 2.75) is 58.9 Å². The number of hydrogen-bond donors (Lipinski definition) is 1. The molecule has 2 aromatic heterocycles. The molecule has 0 saturated heterocycles. The van der Waals surface area contributed by atoms with Crippen LogP contribution in [0.4, 0.5) is 5.69 Å². The van der Waals surface area contributed by atoms with Crippen LogP contribution in [0.3, 0.4) is 0 Å². The van der Waals surface area contributed by atoms with Gasteiger partial charge in [0.25, 0.3) is 15.9 Å². The van der Waals surface area contributed by atoms with Crippen LogP contribution in [-0.2, 0) is 29.4 Å². The molecule has 1 aromatic carbocycles. The van der Waals surface area contributed by atoms with Gasteiger partial charge in [-0.3, -0.25) is 4.72 Å². The summed E-state index contributed by atoms with van der Waals surface area (Å²) >= 11 is 0. The predicted octanol–water partition coefficient (Wildman–Crippen LogP) is 4.10. The van der Waals surface area contributed by atoms with Crippen molar-refractivity contribution in [1.82, 2.24) is 14.8 Å². The van der Waals surface area contributed by atoms with Crippen molar-refractivity contribution < 1.29 is 12.8 Å². The van der Waals surface area contributed by atoms with E-state index in [0.29, 0.717) is 47.4 Å². The van der Waals surface area contributed by atoms with Gasteiger partial charge >= 0.3 is 0 Å². The van der Waals surface area contributed by atoms with Crippen molar-refractivity contribution in [3.63, 3.8) is 0 Å². The zero-order chi connectivity index (χ0) is 20.5. The summed E-state index contributed by atoms with van der Waals surface area (Å²) in [7, 11) is -3.78. The second-order valence-corrected chi connectivity index (χ2v) is 8.27. The Labute approximate surface area is 165 Å². The summed E-state index contributed by atoms with van der Waals surface area (Å²) < 4.78 is 36.8. The molecule has 0 radical (unpaired) electrons. The van der Waals surface area contributed by atoms with Gasteiger partial charge < -0.3 is 8.98 Å². The third-order valence-electron chi connectivity index (χ3n) is 4.84. The fourth-order valence-electron chi connectivity index (χ4n) is 3.49. The standard InChI is InChI=1S/C20H26N4O3S/c1-6-15-10-9-11-16(12-15)23-28(25,26)19-13(4)18(24(8-3)14(19)5)20-22-21-17(7-2)27-20/h9-12,23H,6-8H2,1-5H3. The molecule has 3 aromatic rings. The molecule has 0 aliphatic carbocycles. The first kappa shape index (κ1) is 20.1. The number of benzene rings is 1. The largest absolute Gasteiger partial charge is 0.419 e. The van der Waals surface area contributed by atoms with E-state index in [1.807, 2.05) is 43.5 Å². The molecule has 150 valence electrons. The number of sulfonamides is 1. The van der Waals surface area contributed by atoms with Crippen LogP contribution in [0.25, 0.3) is 11.6 Å². The van der Waals surface area contributed by atoms with Gasteiger partial charge in [0, 0.05) is 29.9 Å². The molecule has 0 saturated carbocycles. The van der Waals surface area contributed by atoms with Gasteiger partial charge in [0.15, 0.2) is 0 Å². The van der Waals surface area contributed by atoms with E-state index in [-0.39, 0.29) is 4.90 Å². The molecule has 0 bridgehead atoms. The number of nitrogens with one attached hydrogen (secondary N) is 1. The summed E-state index contributed by atoms with van der Waals surface area (Å²) in [6.45, 7) is 10.1. The molecule has 3 rings (SSSR count). The lowest BCUT2D eigenvalue weighted by Gasteiger charge is -2.10. The van der Waals surface area contributed by atoms with Gasteiger partial charge in [-0.15, -0.1) is 10.2 Å². The van der Waals surface area contributed by atoms with Crippen molar-refractivity contribution in [1.29, 1.82) is 0 Å². The molecule has 0 unspecified atom stereocenters. The minimum absolute atomic E-state index is 0.252. The molecule has 0 atom stereocenters. The van der Waals surface area contributed by atoms with Crippen molar-refractivity contribution in [3.05, 3.63) is 47.0 Å². The Morgan fingerprint density at radius 3 is 2.46 bits per heavy atom. The van der Waals surface area contributed by atoms with Crippen LogP contribution in [0.5, 0.6) is 0 Å². The Hall–Kier alpha value is -2.61. The molecule has 7 nitrogen and oxygen atoms in total. The highest BCUT2D eigenvalue weighted by Crippen LogP contribution is 2.34. The van der Waals surface area contributed by atoms with Crippen molar-refractivity contribution >= 4 is 15.7 Å². The van der Waals surface area contributed by atoms with Crippen molar-refractivity contribution in [2.24, 2.45) is 0 Å². The monoisotopic (exact) mass is 402 g/mol. The maximum atomic E-state index is 13.2. The average molecular weight is 403 g/mol. The van der Waals surface area contributed by atoms with E-state index in [2.05, 4.69) is 14.9 Å². The van der Waals surface area contributed by atoms with E-state index in [1.54, 1.807) is 19.9 Å². The lowest BCUT2D eigenvalue weighted by atomic mass is 10.1. The van der Waals surface area contributed by atoms with Crippen molar-refractivity contribution in [2.75, 3.05) is 4.72 Å². The van der Waals surface area contributed by atoms with Gasteiger partial charge in [-0.25, -0.2) is 8.42 Å². The molecule has 0 aliphatic rings. The van der Waals surface area contributed by atoms with E-state index >= 15 is 0 Å². The van der Waals surface area contributed by atoms with Crippen LogP contribution in [0, 0.1) is 13.8 Å². The van der Waals surface area contributed by atoms with Gasteiger partial charge in [-0.1, -0.05) is 26.0 Å². The number of hydrogen-bond acceptors (Lipinski definition) is 5. The third-order valence-corrected chi connectivity index (χ3v) is 6.49. The number of anilines is 1. The molecule has 1 N–H and O–H groups in total. The molecule has 0 spiro atoms. The van der Waals surface area contributed by atoms with E-state index in [4.69, 9.17) is 4.42 Å². The van der Waals surface area contributed by atoms with Crippen LogP contribution in [-0.4, -0.2) is 23.2 Å². The predicted molar refractivity (Wildman–Crippen MR) is 109 cm³/mol.